The van der Waals surface area contributed by atoms with E-state index in [0.29, 0.717) is 16.9 Å². The van der Waals surface area contributed by atoms with Gasteiger partial charge in [0.15, 0.2) is 0 Å². The molecule has 1 aliphatic heterocycles. The Labute approximate surface area is 103 Å². The Morgan fingerprint density at radius 3 is 2.94 bits per heavy atom. The van der Waals surface area contributed by atoms with E-state index in [1.807, 2.05) is 0 Å². The van der Waals surface area contributed by atoms with Crippen molar-refractivity contribution in [2.45, 2.75) is 45.1 Å². The summed E-state index contributed by atoms with van der Waals surface area (Å²) in [5, 5.41) is 0. The van der Waals surface area contributed by atoms with Crippen LogP contribution in [0.15, 0.2) is 24.3 Å². The highest BCUT2D eigenvalue weighted by Gasteiger charge is 2.52. The third-order valence-corrected chi connectivity index (χ3v) is 5.15. The summed E-state index contributed by atoms with van der Waals surface area (Å²) in [6, 6.07) is 0. The molecule has 3 aliphatic rings. The zero-order valence-corrected chi connectivity index (χ0v) is 10.5. The molecule has 4 atom stereocenters. The Hall–Kier alpha value is -1.05. The van der Waals surface area contributed by atoms with E-state index in [-0.39, 0.29) is 18.0 Å². The van der Waals surface area contributed by atoms with Crippen molar-refractivity contribution in [1.29, 1.82) is 0 Å². The number of allylic oxidation sites excluding steroid dienone is 1. The third kappa shape index (κ3) is 1.50. The number of rotatable bonds is 0. The molecule has 1 saturated heterocycles. The average molecular weight is 232 g/mol. The number of esters is 1. The minimum Gasteiger partial charge on any atom is -0.458 e. The molecule has 0 aromatic rings. The molecule has 0 aromatic heterocycles. The zero-order chi connectivity index (χ0) is 12.2. The molecule has 0 amide bonds. The van der Waals surface area contributed by atoms with E-state index in [9.17, 15) is 4.79 Å². The number of fused-ring (bicyclic) bond motifs is 2. The molecule has 92 valence electrons. The van der Waals surface area contributed by atoms with Crippen LogP contribution in [0.1, 0.15) is 39.0 Å². The number of carbonyl (C=O) groups is 1. The van der Waals surface area contributed by atoms with E-state index in [4.69, 9.17) is 4.74 Å². The maximum absolute atomic E-state index is 11.6. The Bertz CT molecular complexity index is 409. The lowest BCUT2D eigenvalue weighted by Gasteiger charge is -2.49. The largest absolute Gasteiger partial charge is 0.458 e. The van der Waals surface area contributed by atoms with Crippen LogP contribution in [0.4, 0.5) is 0 Å². The fourth-order valence-corrected chi connectivity index (χ4v) is 4.12. The van der Waals surface area contributed by atoms with Crippen molar-refractivity contribution in [2.24, 2.45) is 17.3 Å². The van der Waals surface area contributed by atoms with Gasteiger partial charge in [-0.25, -0.2) is 4.79 Å². The molecule has 0 bridgehead atoms. The van der Waals surface area contributed by atoms with Crippen molar-refractivity contribution in [3.63, 3.8) is 0 Å². The van der Waals surface area contributed by atoms with Gasteiger partial charge in [-0.15, -0.1) is 0 Å². The van der Waals surface area contributed by atoms with Crippen LogP contribution in [-0.2, 0) is 9.53 Å². The average Bonchev–Trinajstić information content (AvgIpc) is 2.52. The molecule has 0 unspecified atom stereocenters. The number of carbonyl (C=O) groups excluding carboxylic acids is 1. The Morgan fingerprint density at radius 2 is 2.18 bits per heavy atom. The van der Waals surface area contributed by atoms with Crippen molar-refractivity contribution in [1.82, 2.24) is 0 Å². The highest BCUT2D eigenvalue weighted by atomic mass is 16.6. The lowest BCUT2D eigenvalue weighted by atomic mass is 9.56. The molecule has 2 nitrogen and oxygen atoms in total. The van der Waals surface area contributed by atoms with E-state index in [2.05, 4.69) is 20.1 Å². The lowest BCUT2D eigenvalue weighted by Crippen LogP contribution is -2.43. The molecule has 3 rings (SSSR count). The number of hydrogen-bond acceptors (Lipinski definition) is 2. The minimum absolute atomic E-state index is 0.0853. The Kier molecular flexibility index (Phi) is 2.26. The second kappa shape index (κ2) is 3.47. The van der Waals surface area contributed by atoms with E-state index >= 15 is 0 Å². The maximum atomic E-state index is 11.6. The summed E-state index contributed by atoms with van der Waals surface area (Å²) < 4.78 is 5.46. The van der Waals surface area contributed by atoms with E-state index in [0.717, 1.165) is 19.3 Å². The first-order chi connectivity index (χ1) is 8.01. The van der Waals surface area contributed by atoms with Gasteiger partial charge in [0.2, 0.25) is 0 Å². The predicted molar refractivity (Wildman–Crippen MR) is 66.3 cm³/mol. The molecule has 3 fully saturated rings. The molecule has 0 aromatic carbocycles. The summed E-state index contributed by atoms with van der Waals surface area (Å²) in [5.41, 5.74) is 2.36. The summed E-state index contributed by atoms with van der Waals surface area (Å²) >= 11 is 0. The fourth-order valence-electron chi connectivity index (χ4n) is 4.12. The molecule has 17 heavy (non-hydrogen) atoms. The highest BCUT2D eigenvalue weighted by molar-refractivity contribution is 5.90. The van der Waals surface area contributed by atoms with Gasteiger partial charge in [-0.3, -0.25) is 0 Å². The molecule has 2 saturated carbocycles. The van der Waals surface area contributed by atoms with Gasteiger partial charge >= 0.3 is 5.97 Å². The number of hydrogen-bond donors (Lipinski definition) is 0. The van der Waals surface area contributed by atoms with Gasteiger partial charge in [0, 0.05) is 11.5 Å². The predicted octanol–water partition coefficient (Wildman–Crippen LogP) is 3.24. The van der Waals surface area contributed by atoms with Gasteiger partial charge in [0.1, 0.15) is 6.10 Å². The van der Waals surface area contributed by atoms with Gasteiger partial charge in [-0.1, -0.05) is 25.7 Å². The summed E-state index contributed by atoms with van der Waals surface area (Å²) in [7, 11) is 0. The minimum atomic E-state index is -0.173. The molecule has 0 radical (unpaired) electrons. The van der Waals surface area contributed by atoms with Crippen LogP contribution < -0.4 is 0 Å². The summed E-state index contributed by atoms with van der Waals surface area (Å²) in [4.78, 5) is 11.6. The van der Waals surface area contributed by atoms with Crippen LogP contribution in [0.2, 0.25) is 0 Å². The van der Waals surface area contributed by atoms with E-state index in [1.165, 1.54) is 18.4 Å². The van der Waals surface area contributed by atoms with Crippen LogP contribution in [0.25, 0.3) is 0 Å². The first-order valence-electron chi connectivity index (χ1n) is 6.59. The van der Waals surface area contributed by atoms with E-state index < -0.39 is 0 Å². The topological polar surface area (TPSA) is 26.3 Å². The Balaban J connectivity index is 1.91. The molecular formula is C15H20O2. The SMILES string of the molecule is C=C1C(=O)O[C@@H]2C[C@@]3(C)CCCC(=C)[C@@H]3C[C@@H]12. The van der Waals surface area contributed by atoms with Crippen molar-refractivity contribution in [3.8, 4) is 0 Å². The standard InChI is InChI=1S/C15H20O2/c1-9-5-4-6-15(3)8-13-11(7-12(9)15)10(2)14(16)17-13/h11-13H,1-2,4-8H2,3H3/t11-,12-,13+,15+/m0/s1. The van der Waals surface area contributed by atoms with Crippen molar-refractivity contribution in [3.05, 3.63) is 24.3 Å². The smallest absolute Gasteiger partial charge is 0.334 e. The second-order valence-electron chi connectivity index (χ2n) is 6.23. The first kappa shape index (κ1) is 11.1. The molecule has 0 spiro atoms. The van der Waals surface area contributed by atoms with Crippen LogP contribution >= 0.6 is 0 Å². The molecule has 2 heteroatoms. The lowest BCUT2D eigenvalue weighted by molar-refractivity contribution is -0.142. The van der Waals surface area contributed by atoms with Crippen molar-refractivity contribution in [2.75, 3.05) is 0 Å². The highest BCUT2D eigenvalue weighted by Crippen LogP contribution is 2.56. The normalized spacial score (nSPS) is 45.2. The van der Waals surface area contributed by atoms with Crippen molar-refractivity contribution >= 4 is 5.97 Å². The van der Waals surface area contributed by atoms with Gasteiger partial charge in [0.05, 0.1) is 0 Å². The van der Waals surface area contributed by atoms with Crippen LogP contribution in [0, 0.1) is 17.3 Å². The summed E-state index contributed by atoms with van der Waals surface area (Å²) in [6.45, 7) is 10.5. The van der Waals surface area contributed by atoms with Crippen LogP contribution in [-0.4, -0.2) is 12.1 Å². The van der Waals surface area contributed by atoms with E-state index in [1.54, 1.807) is 0 Å². The molecule has 1 heterocycles. The van der Waals surface area contributed by atoms with Gasteiger partial charge in [-0.2, -0.15) is 0 Å². The summed E-state index contributed by atoms with van der Waals surface area (Å²) in [5.74, 6) is 0.632. The van der Waals surface area contributed by atoms with Gasteiger partial charge in [0.25, 0.3) is 0 Å². The van der Waals surface area contributed by atoms with Gasteiger partial charge in [-0.05, 0) is 43.4 Å². The van der Waals surface area contributed by atoms with Gasteiger partial charge < -0.3 is 4.74 Å². The maximum Gasteiger partial charge on any atom is 0.334 e. The molecular weight excluding hydrogens is 212 g/mol. The van der Waals surface area contributed by atoms with Crippen LogP contribution in [0.5, 0.6) is 0 Å². The third-order valence-electron chi connectivity index (χ3n) is 5.15. The quantitative estimate of drug-likeness (QED) is 0.364. The number of ether oxygens (including phenoxy) is 1. The first-order valence-corrected chi connectivity index (χ1v) is 6.59. The second-order valence-corrected chi connectivity index (χ2v) is 6.23. The van der Waals surface area contributed by atoms with Crippen LogP contribution in [0.3, 0.4) is 0 Å². The zero-order valence-electron chi connectivity index (χ0n) is 10.5. The molecule has 0 N–H and O–H groups in total. The fraction of sp³-hybridized carbons (Fsp3) is 0.667. The molecule has 2 aliphatic carbocycles. The Morgan fingerprint density at radius 1 is 1.41 bits per heavy atom. The van der Waals surface area contributed by atoms with Crippen molar-refractivity contribution < 1.29 is 9.53 Å². The monoisotopic (exact) mass is 232 g/mol. The summed E-state index contributed by atoms with van der Waals surface area (Å²) in [6.07, 6.45) is 5.72.